The Balaban J connectivity index is 2.03. The van der Waals surface area contributed by atoms with Crippen LogP contribution in [-0.4, -0.2) is 19.4 Å². The molecule has 1 atom stereocenters. The zero-order valence-electron chi connectivity index (χ0n) is 8.88. The molecule has 15 heavy (non-hydrogen) atoms. The molecule has 0 aliphatic carbocycles. The Kier molecular flexibility index (Phi) is 2.06. The molecule has 1 aromatic carbocycles. The molecule has 3 rings (SSSR count). The van der Waals surface area contributed by atoms with Gasteiger partial charge < -0.3 is 14.8 Å². The van der Waals surface area contributed by atoms with Gasteiger partial charge in [-0.3, -0.25) is 0 Å². The van der Waals surface area contributed by atoms with Gasteiger partial charge in [-0.05, 0) is 49.6 Å². The van der Waals surface area contributed by atoms with Crippen molar-refractivity contribution in [2.45, 2.75) is 25.8 Å². The number of rotatable bonds is 0. The van der Waals surface area contributed by atoms with Gasteiger partial charge in [0.1, 0.15) is 0 Å². The second kappa shape index (κ2) is 3.42. The van der Waals surface area contributed by atoms with E-state index in [9.17, 15) is 0 Å². The topological polar surface area (TPSA) is 30.5 Å². The highest BCUT2D eigenvalue weighted by molar-refractivity contribution is 5.49. The van der Waals surface area contributed by atoms with E-state index in [2.05, 4.69) is 24.4 Å². The third-order valence-corrected chi connectivity index (χ3v) is 3.11. The van der Waals surface area contributed by atoms with Gasteiger partial charge in [0.05, 0.1) is 0 Å². The van der Waals surface area contributed by atoms with E-state index in [0.717, 1.165) is 30.9 Å². The van der Waals surface area contributed by atoms with Gasteiger partial charge in [0.2, 0.25) is 6.79 Å². The Hall–Kier alpha value is -1.22. The van der Waals surface area contributed by atoms with Gasteiger partial charge in [-0.25, -0.2) is 0 Å². The van der Waals surface area contributed by atoms with Gasteiger partial charge in [-0.15, -0.1) is 0 Å². The van der Waals surface area contributed by atoms with Gasteiger partial charge in [-0.1, -0.05) is 0 Å². The minimum atomic E-state index is 0.367. The molecular formula is C12H15NO2. The van der Waals surface area contributed by atoms with E-state index in [1.165, 1.54) is 11.1 Å². The Morgan fingerprint density at radius 3 is 2.73 bits per heavy atom. The Morgan fingerprint density at radius 1 is 1.20 bits per heavy atom. The lowest BCUT2D eigenvalue weighted by atomic mass is 10.00. The molecule has 1 N–H and O–H groups in total. The maximum atomic E-state index is 5.40. The van der Waals surface area contributed by atoms with Crippen LogP contribution in [0.15, 0.2) is 12.1 Å². The molecule has 1 aromatic rings. The summed E-state index contributed by atoms with van der Waals surface area (Å²) in [6, 6.07) is 4.82. The van der Waals surface area contributed by atoms with E-state index >= 15 is 0 Å². The van der Waals surface area contributed by atoms with Gasteiger partial charge >= 0.3 is 0 Å². The zero-order chi connectivity index (χ0) is 10.3. The van der Waals surface area contributed by atoms with E-state index in [1.807, 2.05) is 0 Å². The number of nitrogens with one attached hydrogen (secondary N) is 1. The molecule has 1 unspecified atom stereocenters. The number of benzene rings is 1. The van der Waals surface area contributed by atoms with E-state index < -0.39 is 0 Å². The average Bonchev–Trinajstić information content (AvgIpc) is 2.57. The summed E-state index contributed by atoms with van der Waals surface area (Å²) < 4.78 is 10.8. The number of hydrogen-bond acceptors (Lipinski definition) is 3. The maximum absolute atomic E-state index is 5.40. The van der Waals surface area contributed by atoms with Crippen molar-refractivity contribution in [2.75, 3.05) is 13.3 Å². The van der Waals surface area contributed by atoms with Gasteiger partial charge in [-0.2, -0.15) is 0 Å². The minimum absolute atomic E-state index is 0.367. The lowest BCUT2D eigenvalue weighted by Crippen LogP contribution is -2.27. The van der Waals surface area contributed by atoms with Crippen LogP contribution < -0.4 is 14.8 Å². The molecule has 0 amide bonds. The molecule has 0 bridgehead atoms. The van der Waals surface area contributed by atoms with Crippen LogP contribution in [0.4, 0.5) is 0 Å². The van der Waals surface area contributed by atoms with Crippen molar-refractivity contribution < 1.29 is 9.47 Å². The molecule has 80 valence electrons. The molecule has 2 aliphatic heterocycles. The van der Waals surface area contributed by atoms with Gasteiger partial charge in [0.25, 0.3) is 0 Å². The molecule has 0 spiro atoms. The molecule has 3 nitrogen and oxygen atoms in total. The smallest absolute Gasteiger partial charge is 0.231 e. The first-order valence-corrected chi connectivity index (χ1v) is 5.48. The molecule has 0 radical (unpaired) electrons. The highest BCUT2D eigenvalue weighted by Crippen LogP contribution is 2.35. The van der Waals surface area contributed by atoms with Crippen LogP contribution in [0.25, 0.3) is 0 Å². The molecular weight excluding hydrogens is 190 g/mol. The Labute approximate surface area is 89.4 Å². The fourth-order valence-electron chi connectivity index (χ4n) is 2.30. The van der Waals surface area contributed by atoms with Crippen LogP contribution in [0, 0.1) is 0 Å². The Bertz CT molecular complexity index is 389. The standard InChI is InChI=1S/C12H15NO2/c1-8-4-10-6-12-11(14-7-15-12)5-9(10)2-3-13-8/h5-6,8,13H,2-4,7H2,1H3. The normalized spacial score (nSPS) is 23.4. The first kappa shape index (κ1) is 9.04. The Morgan fingerprint density at radius 2 is 1.93 bits per heavy atom. The SMILES string of the molecule is CC1Cc2cc3c(cc2CCN1)OCO3. The van der Waals surface area contributed by atoms with Crippen molar-refractivity contribution in [2.24, 2.45) is 0 Å². The highest BCUT2D eigenvalue weighted by Gasteiger charge is 2.19. The zero-order valence-corrected chi connectivity index (χ0v) is 8.88. The summed E-state index contributed by atoms with van der Waals surface area (Å²) >= 11 is 0. The number of ether oxygens (including phenoxy) is 2. The molecule has 3 heteroatoms. The summed E-state index contributed by atoms with van der Waals surface area (Å²) in [5.41, 5.74) is 2.80. The summed E-state index contributed by atoms with van der Waals surface area (Å²) in [6.07, 6.45) is 2.16. The van der Waals surface area contributed by atoms with E-state index in [1.54, 1.807) is 0 Å². The van der Waals surface area contributed by atoms with E-state index in [4.69, 9.17) is 9.47 Å². The van der Waals surface area contributed by atoms with Crippen LogP contribution in [0.1, 0.15) is 18.1 Å². The summed E-state index contributed by atoms with van der Waals surface area (Å²) in [5.74, 6) is 1.81. The van der Waals surface area contributed by atoms with Crippen molar-refractivity contribution in [3.8, 4) is 11.5 Å². The fraction of sp³-hybridized carbons (Fsp3) is 0.500. The maximum Gasteiger partial charge on any atom is 0.231 e. The molecule has 2 heterocycles. The molecule has 0 saturated heterocycles. The third kappa shape index (κ3) is 1.57. The molecule has 0 saturated carbocycles. The second-order valence-corrected chi connectivity index (χ2v) is 4.28. The fourth-order valence-corrected chi connectivity index (χ4v) is 2.30. The molecule has 0 fully saturated rings. The van der Waals surface area contributed by atoms with Crippen molar-refractivity contribution in [1.82, 2.24) is 5.32 Å². The van der Waals surface area contributed by atoms with Crippen LogP contribution >= 0.6 is 0 Å². The number of fused-ring (bicyclic) bond motifs is 2. The highest BCUT2D eigenvalue weighted by atomic mass is 16.7. The largest absolute Gasteiger partial charge is 0.454 e. The first-order chi connectivity index (χ1) is 7.33. The number of hydrogen-bond donors (Lipinski definition) is 1. The van der Waals surface area contributed by atoms with Crippen LogP contribution in [0.5, 0.6) is 11.5 Å². The summed E-state index contributed by atoms with van der Waals surface area (Å²) in [4.78, 5) is 0. The predicted octanol–water partition coefficient (Wildman–Crippen LogP) is 1.49. The van der Waals surface area contributed by atoms with Gasteiger partial charge in [0.15, 0.2) is 11.5 Å². The first-order valence-electron chi connectivity index (χ1n) is 5.48. The molecule has 0 aromatic heterocycles. The third-order valence-electron chi connectivity index (χ3n) is 3.11. The summed E-state index contributed by atoms with van der Waals surface area (Å²) in [6.45, 7) is 3.64. The van der Waals surface area contributed by atoms with Crippen molar-refractivity contribution in [1.29, 1.82) is 0 Å². The van der Waals surface area contributed by atoms with Gasteiger partial charge in [0, 0.05) is 6.04 Å². The van der Waals surface area contributed by atoms with E-state index in [0.29, 0.717) is 12.8 Å². The molecule has 2 aliphatic rings. The predicted molar refractivity (Wildman–Crippen MR) is 57.4 cm³/mol. The lowest BCUT2D eigenvalue weighted by molar-refractivity contribution is 0.174. The van der Waals surface area contributed by atoms with Crippen molar-refractivity contribution in [3.05, 3.63) is 23.3 Å². The quantitative estimate of drug-likeness (QED) is 0.696. The minimum Gasteiger partial charge on any atom is -0.454 e. The summed E-state index contributed by atoms with van der Waals surface area (Å²) in [7, 11) is 0. The lowest BCUT2D eigenvalue weighted by Gasteiger charge is -2.09. The van der Waals surface area contributed by atoms with Crippen molar-refractivity contribution >= 4 is 0 Å². The summed E-state index contributed by atoms with van der Waals surface area (Å²) in [5, 5.41) is 3.48. The van der Waals surface area contributed by atoms with Crippen LogP contribution in [0.3, 0.4) is 0 Å². The van der Waals surface area contributed by atoms with E-state index in [-0.39, 0.29) is 0 Å². The van der Waals surface area contributed by atoms with Crippen LogP contribution in [-0.2, 0) is 12.8 Å². The van der Waals surface area contributed by atoms with Crippen LogP contribution in [0.2, 0.25) is 0 Å². The second-order valence-electron chi connectivity index (χ2n) is 4.28. The average molecular weight is 205 g/mol. The monoisotopic (exact) mass is 205 g/mol. The van der Waals surface area contributed by atoms with Crippen molar-refractivity contribution in [3.63, 3.8) is 0 Å².